The average molecular weight is 499 g/mol. The Bertz CT molecular complexity index is 1050. The third kappa shape index (κ3) is 5.36. The highest BCUT2D eigenvalue weighted by atomic mass is 35.5. The fraction of sp³-hybridized carbons (Fsp3) is 0.556. The highest BCUT2D eigenvalue weighted by molar-refractivity contribution is 6.31. The first-order chi connectivity index (χ1) is 16.7. The Balaban J connectivity index is 1.43. The van der Waals surface area contributed by atoms with Crippen LogP contribution in [0.25, 0.3) is 0 Å². The molecule has 2 aliphatic carbocycles. The highest BCUT2D eigenvalue weighted by Crippen LogP contribution is 2.55. The topological polar surface area (TPSA) is 104 Å². The standard InChI is InChI=1S/C27H35ClN4O3/c1-16(25(34)31-14-18-6-4-5-7-20(18)28)19-8-10-27(3)11-9-21(17(2)23(27)24(19)33)32-26(35)22-15-29-12-13-30-22/h4-7,12-13,15-17,19,21,23-24,33H,8-11,14H2,1-3H3,(H,31,34)(H,32,35)/t16-,17-,19+,21-,23+,24-,27+/m0/s1. The lowest BCUT2D eigenvalue weighted by Gasteiger charge is -2.56. The third-order valence-electron chi connectivity index (χ3n) is 8.47. The predicted molar refractivity (Wildman–Crippen MR) is 134 cm³/mol. The van der Waals surface area contributed by atoms with Crippen molar-refractivity contribution in [2.45, 2.75) is 65.1 Å². The molecular formula is C27H35ClN4O3. The Kier molecular flexibility index (Phi) is 7.77. The molecule has 1 aromatic carbocycles. The second-order valence-corrected chi connectivity index (χ2v) is 10.9. The summed E-state index contributed by atoms with van der Waals surface area (Å²) in [6.45, 7) is 6.62. The van der Waals surface area contributed by atoms with Gasteiger partial charge in [0.25, 0.3) is 5.91 Å². The molecule has 4 rings (SSSR count). The number of amides is 2. The first-order valence-electron chi connectivity index (χ1n) is 12.5. The van der Waals surface area contributed by atoms with E-state index in [4.69, 9.17) is 11.6 Å². The van der Waals surface area contributed by atoms with Gasteiger partial charge in [-0.2, -0.15) is 0 Å². The molecule has 2 aromatic rings. The van der Waals surface area contributed by atoms with Gasteiger partial charge in [0.2, 0.25) is 5.91 Å². The summed E-state index contributed by atoms with van der Waals surface area (Å²) in [5.41, 5.74) is 1.14. The van der Waals surface area contributed by atoms with E-state index in [9.17, 15) is 14.7 Å². The van der Waals surface area contributed by atoms with Gasteiger partial charge in [-0.25, -0.2) is 4.98 Å². The van der Waals surface area contributed by atoms with Crippen LogP contribution in [0.3, 0.4) is 0 Å². The third-order valence-corrected chi connectivity index (χ3v) is 8.84. The number of nitrogens with zero attached hydrogens (tertiary/aromatic N) is 2. The van der Waals surface area contributed by atoms with Crippen LogP contribution >= 0.6 is 11.6 Å². The summed E-state index contributed by atoms with van der Waals surface area (Å²) in [7, 11) is 0. The van der Waals surface area contributed by atoms with Crippen molar-refractivity contribution in [3.63, 3.8) is 0 Å². The Morgan fingerprint density at radius 3 is 2.69 bits per heavy atom. The molecule has 35 heavy (non-hydrogen) atoms. The molecule has 7 nitrogen and oxygen atoms in total. The number of rotatable bonds is 6. The number of benzene rings is 1. The number of nitrogens with one attached hydrogen (secondary N) is 2. The summed E-state index contributed by atoms with van der Waals surface area (Å²) in [4.78, 5) is 33.8. The molecular weight excluding hydrogens is 464 g/mol. The van der Waals surface area contributed by atoms with Crippen LogP contribution in [0.1, 0.15) is 62.5 Å². The molecule has 188 valence electrons. The summed E-state index contributed by atoms with van der Waals surface area (Å²) in [5.74, 6) is -0.747. The monoisotopic (exact) mass is 498 g/mol. The quantitative estimate of drug-likeness (QED) is 0.558. The van der Waals surface area contributed by atoms with E-state index < -0.39 is 6.10 Å². The van der Waals surface area contributed by atoms with Gasteiger partial charge in [-0.05, 0) is 60.5 Å². The van der Waals surface area contributed by atoms with Gasteiger partial charge in [0.05, 0.1) is 12.3 Å². The van der Waals surface area contributed by atoms with Crippen molar-refractivity contribution >= 4 is 23.4 Å². The van der Waals surface area contributed by atoms with E-state index in [0.717, 1.165) is 31.2 Å². The number of carbonyl (C=O) groups is 2. The summed E-state index contributed by atoms with van der Waals surface area (Å²) in [6, 6.07) is 7.39. The zero-order valence-electron chi connectivity index (χ0n) is 20.6. The number of aromatic nitrogens is 2. The zero-order valence-corrected chi connectivity index (χ0v) is 21.3. The first kappa shape index (κ1) is 25.6. The van der Waals surface area contributed by atoms with Crippen LogP contribution in [0.4, 0.5) is 0 Å². The number of hydrogen-bond acceptors (Lipinski definition) is 5. The molecule has 0 radical (unpaired) electrons. The van der Waals surface area contributed by atoms with E-state index in [1.54, 1.807) is 0 Å². The van der Waals surface area contributed by atoms with Gasteiger partial charge in [-0.15, -0.1) is 0 Å². The normalized spacial score (nSPS) is 31.2. The minimum atomic E-state index is -0.624. The number of hydrogen-bond donors (Lipinski definition) is 3. The highest BCUT2D eigenvalue weighted by Gasteiger charge is 2.53. The predicted octanol–water partition coefficient (Wildman–Crippen LogP) is 4.00. The van der Waals surface area contributed by atoms with Gasteiger partial charge in [0.15, 0.2) is 0 Å². The van der Waals surface area contributed by atoms with Crippen LogP contribution in [0.15, 0.2) is 42.9 Å². The summed E-state index contributed by atoms with van der Waals surface area (Å²) in [5, 5.41) is 18.3. The summed E-state index contributed by atoms with van der Waals surface area (Å²) < 4.78 is 0. The second-order valence-electron chi connectivity index (χ2n) is 10.5. The van der Waals surface area contributed by atoms with Crippen LogP contribution in [0.2, 0.25) is 5.02 Å². The Labute approximate surface area is 212 Å². The fourth-order valence-electron chi connectivity index (χ4n) is 6.34. The maximum absolute atomic E-state index is 13.0. The van der Waals surface area contributed by atoms with E-state index in [1.807, 2.05) is 31.2 Å². The molecule has 0 bridgehead atoms. The smallest absolute Gasteiger partial charge is 0.271 e. The second kappa shape index (κ2) is 10.6. The summed E-state index contributed by atoms with van der Waals surface area (Å²) in [6.07, 6.45) is 7.41. The molecule has 3 N–H and O–H groups in total. The molecule has 1 heterocycles. The molecule has 2 amide bonds. The molecule has 7 atom stereocenters. The van der Waals surface area contributed by atoms with Gasteiger partial charge >= 0.3 is 0 Å². The SMILES string of the molecule is C[C@@H]1[C@@H]2[C@@H](O)[C@@H]([C@H](C)C(=O)NCc3ccccc3Cl)CC[C@]2(C)CC[C@@H]1NC(=O)c1cnccn1. The number of aliphatic hydroxyl groups excluding tert-OH is 1. The lowest BCUT2D eigenvalue weighted by molar-refractivity contribution is -0.142. The lowest BCUT2D eigenvalue weighted by atomic mass is 9.51. The van der Waals surface area contributed by atoms with Crippen molar-refractivity contribution in [2.75, 3.05) is 0 Å². The molecule has 2 saturated carbocycles. The van der Waals surface area contributed by atoms with Crippen LogP contribution in [-0.4, -0.2) is 39.0 Å². The minimum absolute atomic E-state index is 0.0130. The van der Waals surface area contributed by atoms with Crippen molar-refractivity contribution < 1.29 is 14.7 Å². The van der Waals surface area contributed by atoms with Crippen LogP contribution in [0, 0.1) is 29.1 Å². The number of halogens is 1. The molecule has 1 aromatic heterocycles. The minimum Gasteiger partial charge on any atom is -0.392 e. The average Bonchev–Trinajstić information content (AvgIpc) is 2.85. The van der Waals surface area contributed by atoms with Gasteiger partial charge in [0.1, 0.15) is 5.69 Å². The van der Waals surface area contributed by atoms with Gasteiger partial charge in [-0.1, -0.05) is 50.6 Å². The molecule has 0 spiro atoms. The van der Waals surface area contributed by atoms with Gasteiger partial charge < -0.3 is 15.7 Å². The van der Waals surface area contributed by atoms with Gasteiger partial charge in [0, 0.05) is 35.9 Å². The Hall–Kier alpha value is -2.51. The van der Waals surface area contributed by atoms with Crippen LogP contribution in [-0.2, 0) is 11.3 Å². The number of fused-ring (bicyclic) bond motifs is 1. The maximum Gasteiger partial charge on any atom is 0.271 e. The Morgan fingerprint density at radius 2 is 1.97 bits per heavy atom. The lowest BCUT2D eigenvalue weighted by Crippen LogP contribution is -2.58. The Morgan fingerprint density at radius 1 is 1.23 bits per heavy atom. The molecule has 8 heteroatoms. The first-order valence-corrected chi connectivity index (χ1v) is 12.8. The molecule has 0 aliphatic heterocycles. The van der Waals surface area contributed by atoms with Crippen molar-refractivity contribution in [2.24, 2.45) is 29.1 Å². The van der Waals surface area contributed by atoms with Crippen molar-refractivity contribution in [1.82, 2.24) is 20.6 Å². The largest absolute Gasteiger partial charge is 0.392 e. The van der Waals surface area contributed by atoms with Crippen molar-refractivity contribution in [1.29, 1.82) is 0 Å². The van der Waals surface area contributed by atoms with E-state index >= 15 is 0 Å². The molecule has 2 aliphatic rings. The number of carbonyl (C=O) groups excluding carboxylic acids is 2. The van der Waals surface area contributed by atoms with Crippen LogP contribution in [0.5, 0.6) is 0 Å². The summed E-state index contributed by atoms with van der Waals surface area (Å²) >= 11 is 6.23. The fourth-order valence-corrected chi connectivity index (χ4v) is 6.54. The molecule has 0 saturated heterocycles. The van der Waals surface area contributed by atoms with E-state index in [-0.39, 0.29) is 46.9 Å². The van der Waals surface area contributed by atoms with E-state index in [1.165, 1.54) is 18.6 Å². The van der Waals surface area contributed by atoms with Crippen molar-refractivity contribution in [3.8, 4) is 0 Å². The van der Waals surface area contributed by atoms with E-state index in [0.29, 0.717) is 17.3 Å². The van der Waals surface area contributed by atoms with E-state index in [2.05, 4.69) is 34.4 Å². The molecule has 0 unspecified atom stereocenters. The van der Waals surface area contributed by atoms with Crippen molar-refractivity contribution in [3.05, 3.63) is 59.1 Å². The van der Waals surface area contributed by atoms with Gasteiger partial charge in [-0.3, -0.25) is 14.6 Å². The number of aliphatic hydroxyl groups is 1. The zero-order chi connectivity index (χ0) is 25.2. The maximum atomic E-state index is 13.0. The molecule has 2 fully saturated rings. The van der Waals surface area contributed by atoms with Crippen LogP contribution < -0.4 is 10.6 Å².